The molecule has 0 heterocycles. The first-order valence-electron chi connectivity index (χ1n) is 10.8. The highest BCUT2D eigenvalue weighted by atomic mass is 16.3. The highest BCUT2D eigenvalue weighted by Crippen LogP contribution is 2.40. The van der Waals surface area contributed by atoms with Crippen molar-refractivity contribution in [2.45, 2.75) is 0 Å². The molecule has 5 aromatic carbocycles. The van der Waals surface area contributed by atoms with Crippen LogP contribution < -0.4 is 4.90 Å². The fourth-order valence-electron chi connectivity index (χ4n) is 4.08. The average molecular weight is 430 g/mol. The van der Waals surface area contributed by atoms with Gasteiger partial charge >= 0.3 is 0 Å². The van der Waals surface area contributed by atoms with Gasteiger partial charge in [-0.1, -0.05) is 78.9 Å². The molecule has 0 fully saturated rings. The molecule has 3 heteroatoms. The third-order valence-corrected chi connectivity index (χ3v) is 5.65. The fourth-order valence-corrected chi connectivity index (χ4v) is 4.08. The molecule has 0 radical (unpaired) electrons. The van der Waals surface area contributed by atoms with Gasteiger partial charge in [-0.05, 0) is 59.7 Å². The molecular weight excluding hydrogens is 406 g/mol. The smallest absolute Gasteiger partial charge is 0.123 e. The lowest BCUT2D eigenvalue weighted by Gasteiger charge is -2.26. The van der Waals surface area contributed by atoms with Gasteiger partial charge in [0.1, 0.15) is 11.5 Å². The Morgan fingerprint density at radius 1 is 0.394 bits per heavy atom. The Kier molecular flexibility index (Phi) is 5.52. The number of aromatic hydroxyl groups is 2. The molecule has 0 aliphatic heterocycles. The molecule has 0 aliphatic carbocycles. The zero-order chi connectivity index (χ0) is 22.6. The van der Waals surface area contributed by atoms with Gasteiger partial charge in [-0.3, -0.25) is 0 Å². The summed E-state index contributed by atoms with van der Waals surface area (Å²) in [5, 5.41) is 20.8. The van der Waals surface area contributed by atoms with Crippen LogP contribution in [0.15, 0.2) is 127 Å². The Bertz CT molecular complexity index is 1310. The van der Waals surface area contributed by atoms with Crippen LogP contribution >= 0.6 is 0 Å². The Balaban J connectivity index is 1.65. The SMILES string of the molecule is Oc1ccccc1-c1cccc(N(c2ccccc2)c2cccc(-c3ccccc3O)c2)c1. The molecule has 0 amide bonds. The molecule has 33 heavy (non-hydrogen) atoms. The summed E-state index contributed by atoms with van der Waals surface area (Å²) in [6.07, 6.45) is 0. The van der Waals surface area contributed by atoms with Crippen LogP contribution in [0.5, 0.6) is 11.5 Å². The van der Waals surface area contributed by atoms with Gasteiger partial charge < -0.3 is 15.1 Å². The van der Waals surface area contributed by atoms with E-state index >= 15 is 0 Å². The second kappa shape index (κ2) is 8.93. The number of phenols is 2. The molecule has 2 N–H and O–H groups in total. The summed E-state index contributed by atoms with van der Waals surface area (Å²) in [5.41, 5.74) is 6.39. The maximum absolute atomic E-state index is 10.4. The Morgan fingerprint density at radius 2 is 0.818 bits per heavy atom. The molecule has 0 aromatic heterocycles. The van der Waals surface area contributed by atoms with Crippen LogP contribution in [0.4, 0.5) is 17.1 Å². The first-order chi connectivity index (χ1) is 16.2. The minimum Gasteiger partial charge on any atom is -0.507 e. The lowest BCUT2D eigenvalue weighted by atomic mass is 10.0. The molecule has 160 valence electrons. The number of anilines is 3. The summed E-state index contributed by atoms with van der Waals surface area (Å²) in [4.78, 5) is 2.17. The third kappa shape index (κ3) is 4.17. The van der Waals surface area contributed by atoms with Crippen molar-refractivity contribution in [1.82, 2.24) is 0 Å². The van der Waals surface area contributed by atoms with E-state index in [0.29, 0.717) is 0 Å². The highest BCUT2D eigenvalue weighted by Gasteiger charge is 2.15. The van der Waals surface area contributed by atoms with Crippen LogP contribution in [-0.2, 0) is 0 Å². The predicted octanol–water partition coefficient (Wildman–Crippen LogP) is 7.90. The summed E-state index contributed by atoms with van der Waals surface area (Å²) < 4.78 is 0. The standard InChI is InChI=1S/C30H23NO2/c32-29-18-6-4-16-27(29)22-10-8-14-25(20-22)31(24-12-2-1-3-13-24)26-15-9-11-23(21-26)28-17-5-7-19-30(28)33/h1-21,32-33H. The first-order valence-corrected chi connectivity index (χ1v) is 10.8. The van der Waals surface area contributed by atoms with Crippen LogP contribution in [0, 0.1) is 0 Å². The molecule has 0 saturated heterocycles. The van der Waals surface area contributed by atoms with Crippen molar-refractivity contribution in [3.63, 3.8) is 0 Å². The van der Waals surface area contributed by atoms with E-state index in [4.69, 9.17) is 0 Å². The number of benzene rings is 5. The molecule has 0 atom stereocenters. The summed E-state index contributed by atoms with van der Waals surface area (Å²) in [5.74, 6) is 0.505. The van der Waals surface area contributed by atoms with E-state index in [9.17, 15) is 10.2 Å². The van der Waals surface area contributed by atoms with Gasteiger partial charge in [0.05, 0.1) is 0 Å². The van der Waals surface area contributed by atoms with Crippen molar-refractivity contribution in [2.75, 3.05) is 4.90 Å². The summed E-state index contributed by atoms with van der Waals surface area (Å²) >= 11 is 0. The van der Waals surface area contributed by atoms with Crippen LogP contribution in [0.25, 0.3) is 22.3 Å². The number of rotatable bonds is 5. The maximum Gasteiger partial charge on any atom is 0.123 e. The molecule has 5 rings (SSSR count). The van der Waals surface area contributed by atoms with E-state index in [0.717, 1.165) is 39.3 Å². The minimum absolute atomic E-state index is 0.252. The molecule has 5 aromatic rings. The Labute approximate surface area is 193 Å². The Hall–Kier alpha value is -4.50. The van der Waals surface area contributed by atoms with Crippen molar-refractivity contribution in [1.29, 1.82) is 0 Å². The summed E-state index contributed by atoms with van der Waals surface area (Å²) in [7, 11) is 0. The van der Waals surface area contributed by atoms with Crippen LogP contribution in [0.2, 0.25) is 0 Å². The largest absolute Gasteiger partial charge is 0.507 e. The monoisotopic (exact) mass is 429 g/mol. The molecule has 0 saturated carbocycles. The van der Waals surface area contributed by atoms with Gasteiger partial charge in [0.2, 0.25) is 0 Å². The molecule has 0 aliphatic rings. The summed E-state index contributed by atoms with van der Waals surface area (Å²) in [6, 6.07) is 41.2. The zero-order valence-electron chi connectivity index (χ0n) is 18.0. The van der Waals surface area contributed by atoms with Gasteiger partial charge in [0.15, 0.2) is 0 Å². The van der Waals surface area contributed by atoms with Crippen LogP contribution in [0.3, 0.4) is 0 Å². The lowest BCUT2D eigenvalue weighted by Crippen LogP contribution is -2.10. The average Bonchev–Trinajstić information content (AvgIpc) is 2.86. The van der Waals surface area contributed by atoms with Gasteiger partial charge in [0, 0.05) is 28.2 Å². The molecule has 0 spiro atoms. The number of phenolic OH excluding ortho intramolecular Hbond substituents is 2. The number of hydrogen-bond donors (Lipinski definition) is 2. The fraction of sp³-hybridized carbons (Fsp3) is 0. The second-order valence-corrected chi connectivity index (χ2v) is 7.81. The number of para-hydroxylation sites is 3. The zero-order valence-corrected chi connectivity index (χ0v) is 18.0. The molecule has 0 unspecified atom stereocenters. The topological polar surface area (TPSA) is 43.7 Å². The van der Waals surface area contributed by atoms with E-state index in [-0.39, 0.29) is 11.5 Å². The summed E-state index contributed by atoms with van der Waals surface area (Å²) in [6.45, 7) is 0. The maximum atomic E-state index is 10.4. The molecule has 0 bridgehead atoms. The van der Waals surface area contributed by atoms with Crippen molar-refractivity contribution >= 4 is 17.1 Å². The van der Waals surface area contributed by atoms with Crippen molar-refractivity contribution in [2.24, 2.45) is 0 Å². The Morgan fingerprint density at radius 3 is 1.30 bits per heavy atom. The van der Waals surface area contributed by atoms with E-state index in [1.165, 1.54) is 0 Å². The van der Waals surface area contributed by atoms with Gasteiger partial charge in [-0.25, -0.2) is 0 Å². The van der Waals surface area contributed by atoms with Crippen molar-refractivity contribution in [3.8, 4) is 33.8 Å². The quantitative estimate of drug-likeness (QED) is 0.298. The third-order valence-electron chi connectivity index (χ3n) is 5.65. The highest BCUT2D eigenvalue weighted by molar-refractivity contribution is 5.83. The molecule has 3 nitrogen and oxygen atoms in total. The first kappa shape index (κ1) is 20.4. The van der Waals surface area contributed by atoms with Crippen molar-refractivity contribution < 1.29 is 10.2 Å². The van der Waals surface area contributed by atoms with Crippen LogP contribution in [0.1, 0.15) is 0 Å². The van der Waals surface area contributed by atoms with Crippen molar-refractivity contribution in [3.05, 3.63) is 127 Å². The second-order valence-electron chi connectivity index (χ2n) is 7.81. The van der Waals surface area contributed by atoms with E-state index in [1.807, 2.05) is 78.9 Å². The van der Waals surface area contributed by atoms with Gasteiger partial charge in [-0.2, -0.15) is 0 Å². The molecular formula is C30H23NO2. The van der Waals surface area contributed by atoms with E-state index in [1.54, 1.807) is 12.1 Å². The lowest BCUT2D eigenvalue weighted by molar-refractivity contribution is 0.477. The van der Waals surface area contributed by atoms with E-state index in [2.05, 4.69) is 41.3 Å². The van der Waals surface area contributed by atoms with E-state index < -0.39 is 0 Å². The predicted molar refractivity (Wildman–Crippen MR) is 135 cm³/mol. The van der Waals surface area contributed by atoms with Crippen LogP contribution in [-0.4, -0.2) is 10.2 Å². The minimum atomic E-state index is 0.252. The number of hydrogen-bond acceptors (Lipinski definition) is 3. The number of nitrogens with zero attached hydrogens (tertiary/aromatic N) is 1. The van der Waals surface area contributed by atoms with Gasteiger partial charge in [-0.15, -0.1) is 0 Å². The normalized spacial score (nSPS) is 10.7. The van der Waals surface area contributed by atoms with Gasteiger partial charge in [0.25, 0.3) is 0 Å².